The smallest absolute Gasteiger partial charge is 0.0501 e. The molecule has 1 N–H and O–H groups in total. The highest BCUT2D eigenvalue weighted by molar-refractivity contribution is 5.19. The Bertz CT molecular complexity index is 387. The van der Waals surface area contributed by atoms with E-state index in [2.05, 4.69) is 49.2 Å². The Kier molecular flexibility index (Phi) is 5.58. The van der Waals surface area contributed by atoms with Crippen molar-refractivity contribution in [3.8, 4) is 0 Å². The number of hydrogen-bond acceptors (Lipinski definition) is 3. The van der Waals surface area contributed by atoms with Crippen LogP contribution in [0.15, 0.2) is 30.3 Å². The van der Waals surface area contributed by atoms with E-state index in [1.807, 2.05) is 0 Å². The van der Waals surface area contributed by atoms with Crippen LogP contribution in [0, 0.1) is 5.41 Å². The minimum absolute atomic E-state index is 0.0312. The second-order valence-corrected chi connectivity index (χ2v) is 6.28. The highest BCUT2D eigenvalue weighted by atomic mass is 16.5. The molecule has 1 aliphatic rings. The molecule has 0 spiro atoms. The predicted molar refractivity (Wildman–Crippen MR) is 81.9 cm³/mol. The van der Waals surface area contributed by atoms with Gasteiger partial charge in [0, 0.05) is 31.7 Å². The van der Waals surface area contributed by atoms with E-state index in [4.69, 9.17) is 4.74 Å². The van der Waals surface area contributed by atoms with E-state index in [-0.39, 0.29) is 12.0 Å². The van der Waals surface area contributed by atoms with Gasteiger partial charge in [0.15, 0.2) is 0 Å². The molecule has 1 aromatic carbocycles. The van der Waals surface area contributed by atoms with Gasteiger partial charge in [-0.25, -0.2) is 0 Å². The molecule has 2 rings (SSSR count). The number of ether oxygens (including phenoxy) is 1. The molecule has 1 heterocycles. The fourth-order valence-electron chi connectivity index (χ4n) is 3.16. The topological polar surface area (TPSA) is 32.7 Å². The SMILES string of the molecule is CC(CN(C)CC1(CO)CCOCC1)c1ccccc1. The standard InChI is InChI=1S/C17H27NO2/c1-15(16-6-4-3-5-7-16)12-18(2)13-17(14-19)8-10-20-11-9-17/h3-7,15,19H,8-14H2,1-2H3. The number of aliphatic hydroxyl groups is 1. The Morgan fingerprint density at radius 3 is 2.50 bits per heavy atom. The molecule has 0 aromatic heterocycles. The molecule has 3 heteroatoms. The summed E-state index contributed by atoms with van der Waals surface area (Å²) in [4.78, 5) is 2.36. The first kappa shape index (κ1) is 15.5. The van der Waals surface area contributed by atoms with E-state index in [0.717, 1.165) is 39.1 Å². The largest absolute Gasteiger partial charge is 0.396 e. The molecule has 1 atom stereocenters. The molecule has 1 fully saturated rings. The first-order chi connectivity index (χ1) is 9.65. The fraction of sp³-hybridized carbons (Fsp3) is 0.647. The van der Waals surface area contributed by atoms with Gasteiger partial charge in [-0.05, 0) is 31.4 Å². The van der Waals surface area contributed by atoms with Gasteiger partial charge in [0.25, 0.3) is 0 Å². The van der Waals surface area contributed by atoms with E-state index in [0.29, 0.717) is 5.92 Å². The van der Waals surface area contributed by atoms with Crippen LogP contribution in [0.3, 0.4) is 0 Å². The molecule has 0 radical (unpaired) electrons. The van der Waals surface area contributed by atoms with E-state index >= 15 is 0 Å². The zero-order valence-electron chi connectivity index (χ0n) is 12.7. The lowest BCUT2D eigenvalue weighted by Crippen LogP contribution is -2.43. The highest BCUT2D eigenvalue weighted by Crippen LogP contribution is 2.31. The fourth-order valence-corrected chi connectivity index (χ4v) is 3.16. The van der Waals surface area contributed by atoms with Crippen LogP contribution in [0.5, 0.6) is 0 Å². The van der Waals surface area contributed by atoms with Crippen molar-refractivity contribution in [2.75, 3.05) is 40.0 Å². The third-order valence-electron chi connectivity index (χ3n) is 4.45. The van der Waals surface area contributed by atoms with E-state index in [9.17, 15) is 5.11 Å². The van der Waals surface area contributed by atoms with Crippen LogP contribution in [0.2, 0.25) is 0 Å². The molecule has 1 aromatic rings. The number of hydrogen-bond donors (Lipinski definition) is 1. The van der Waals surface area contributed by atoms with Gasteiger partial charge < -0.3 is 14.7 Å². The number of likely N-dealkylation sites (N-methyl/N-ethyl adjacent to an activating group) is 1. The third-order valence-corrected chi connectivity index (χ3v) is 4.45. The molecule has 1 saturated heterocycles. The number of rotatable bonds is 6. The Labute approximate surface area is 122 Å². The lowest BCUT2D eigenvalue weighted by molar-refractivity contribution is -0.0312. The van der Waals surface area contributed by atoms with Gasteiger partial charge in [-0.3, -0.25) is 0 Å². The molecular formula is C17H27NO2. The Hall–Kier alpha value is -0.900. The van der Waals surface area contributed by atoms with E-state index in [1.54, 1.807) is 0 Å². The summed E-state index contributed by atoms with van der Waals surface area (Å²) in [6.07, 6.45) is 1.93. The molecule has 3 nitrogen and oxygen atoms in total. The van der Waals surface area contributed by atoms with Gasteiger partial charge in [-0.2, -0.15) is 0 Å². The normalized spacial score (nSPS) is 20.0. The van der Waals surface area contributed by atoms with Crippen LogP contribution in [0.4, 0.5) is 0 Å². The summed E-state index contributed by atoms with van der Waals surface area (Å²) < 4.78 is 5.43. The van der Waals surface area contributed by atoms with Crippen molar-refractivity contribution >= 4 is 0 Å². The van der Waals surface area contributed by atoms with E-state index in [1.165, 1.54) is 5.56 Å². The predicted octanol–water partition coefficient (Wildman–Crippen LogP) is 2.51. The third kappa shape index (κ3) is 4.05. The minimum Gasteiger partial charge on any atom is -0.396 e. The maximum absolute atomic E-state index is 9.76. The molecule has 112 valence electrons. The maximum atomic E-state index is 9.76. The van der Waals surface area contributed by atoms with Crippen molar-refractivity contribution in [1.82, 2.24) is 4.90 Å². The van der Waals surface area contributed by atoms with E-state index < -0.39 is 0 Å². The Balaban J connectivity index is 1.89. The molecule has 0 aliphatic carbocycles. The van der Waals surface area contributed by atoms with Gasteiger partial charge in [-0.15, -0.1) is 0 Å². The number of aliphatic hydroxyl groups excluding tert-OH is 1. The summed E-state index contributed by atoms with van der Waals surface area (Å²) in [5, 5.41) is 9.76. The number of benzene rings is 1. The Morgan fingerprint density at radius 2 is 1.90 bits per heavy atom. The average Bonchev–Trinajstić information content (AvgIpc) is 2.49. The Morgan fingerprint density at radius 1 is 1.25 bits per heavy atom. The lowest BCUT2D eigenvalue weighted by atomic mass is 9.80. The van der Waals surface area contributed by atoms with Crippen LogP contribution in [-0.4, -0.2) is 50.0 Å². The van der Waals surface area contributed by atoms with Crippen molar-refractivity contribution in [2.45, 2.75) is 25.7 Å². The van der Waals surface area contributed by atoms with Gasteiger partial charge >= 0.3 is 0 Å². The summed E-state index contributed by atoms with van der Waals surface area (Å²) in [6, 6.07) is 10.6. The van der Waals surface area contributed by atoms with Crippen LogP contribution in [0.25, 0.3) is 0 Å². The zero-order chi connectivity index (χ0) is 14.4. The maximum Gasteiger partial charge on any atom is 0.0501 e. The monoisotopic (exact) mass is 277 g/mol. The van der Waals surface area contributed by atoms with Gasteiger partial charge in [0.05, 0.1) is 6.61 Å². The minimum atomic E-state index is 0.0312. The second kappa shape index (κ2) is 7.21. The molecule has 1 unspecified atom stereocenters. The second-order valence-electron chi connectivity index (χ2n) is 6.28. The summed E-state index contributed by atoms with van der Waals surface area (Å²) in [5.74, 6) is 0.511. The summed E-state index contributed by atoms with van der Waals surface area (Å²) in [6.45, 7) is 6.06. The van der Waals surface area contributed by atoms with Crippen molar-refractivity contribution in [3.63, 3.8) is 0 Å². The first-order valence-electron chi connectivity index (χ1n) is 7.57. The van der Waals surface area contributed by atoms with Crippen molar-refractivity contribution in [2.24, 2.45) is 5.41 Å². The number of nitrogens with zero attached hydrogens (tertiary/aromatic N) is 1. The molecule has 0 saturated carbocycles. The molecule has 1 aliphatic heterocycles. The molecule has 0 bridgehead atoms. The van der Waals surface area contributed by atoms with Gasteiger partial charge in [-0.1, -0.05) is 37.3 Å². The van der Waals surface area contributed by atoms with Crippen molar-refractivity contribution < 1.29 is 9.84 Å². The lowest BCUT2D eigenvalue weighted by Gasteiger charge is -2.39. The highest BCUT2D eigenvalue weighted by Gasteiger charge is 2.33. The van der Waals surface area contributed by atoms with Crippen LogP contribution in [-0.2, 0) is 4.74 Å². The average molecular weight is 277 g/mol. The molecule has 20 heavy (non-hydrogen) atoms. The quantitative estimate of drug-likeness (QED) is 0.867. The molecular weight excluding hydrogens is 250 g/mol. The van der Waals surface area contributed by atoms with Crippen molar-refractivity contribution in [3.05, 3.63) is 35.9 Å². The zero-order valence-corrected chi connectivity index (χ0v) is 12.7. The summed E-state index contributed by atoms with van der Waals surface area (Å²) in [5.41, 5.74) is 1.41. The van der Waals surface area contributed by atoms with Crippen LogP contribution < -0.4 is 0 Å². The first-order valence-corrected chi connectivity index (χ1v) is 7.57. The summed E-state index contributed by atoms with van der Waals surface area (Å²) >= 11 is 0. The van der Waals surface area contributed by atoms with Crippen LogP contribution in [0.1, 0.15) is 31.2 Å². The van der Waals surface area contributed by atoms with Crippen molar-refractivity contribution in [1.29, 1.82) is 0 Å². The van der Waals surface area contributed by atoms with Gasteiger partial charge in [0.2, 0.25) is 0 Å². The summed E-state index contributed by atoms with van der Waals surface area (Å²) in [7, 11) is 2.16. The van der Waals surface area contributed by atoms with Gasteiger partial charge in [0.1, 0.15) is 0 Å². The van der Waals surface area contributed by atoms with Crippen LogP contribution >= 0.6 is 0 Å². The molecule has 0 amide bonds.